The number of amides is 1. The van der Waals surface area contributed by atoms with Gasteiger partial charge in [0, 0.05) is 26.1 Å². The maximum absolute atomic E-state index is 11.5. The molecule has 1 saturated heterocycles. The molecule has 1 aliphatic rings. The number of rotatable bonds is 2. The average molecular weight is 246 g/mol. The fourth-order valence-electron chi connectivity index (χ4n) is 2.71. The minimum Gasteiger partial charge on any atom is -0.341 e. The maximum Gasteiger partial charge on any atom is 0.219 e. The summed E-state index contributed by atoms with van der Waals surface area (Å²) >= 11 is 0. The first kappa shape index (κ1) is 13.1. The van der Waals surface area contributed by atoms with Gasteiger partial charge in [0.2, 0.25) is 5.91 Å². The Kier molecular flexibility index (Phi) is 4.02. The second-order valence-electron chi connectivity index (χ2n) is 5.48. The van der Waals surface area contributed by atoms with Gasteiger partial charge in [0.15, 0.2) is 0 Å². The summed E-state index contributed by atoms with van der Waals surface area (Å²) in [6.45, 7) is 5.27. The van der Waals surface area contributed by atoms with Gasteiger partial charge >= 0.3 is 0 Å². The molecule has 1 aromatic carbocycles. The summed E-state index contributed by atoms with van der Waals surface area (Å²) < 4.78 is 0. The molecule has 3 heteroatoms. The molecular weight excluding hydrogens is 224 g/mol. The van der Waals surface area contributed by atoms with Crippen molar-refractivity contribution in [3.05, 3.63) is 35.4 Å². The van der Waals surface area contributed by atoms with Crippen molar-refractivity contribution < 1.29 is 4.79 Å². The lowest BCUT2D eigenvalue weighted by Crippen LogP contribution is -2.49. The fraction of sp³-hybridized carbons (Fsp3) is 0.533. The Hall–Kier alpha value is -1.35. The molecule has 2 N–H and O–H groups in total. The minimum atomic E-state index is 0.123. The number of carbonyl (C=O) groups is 1. The average Bonchev–Trinajstić information content (AvgIpc) is 2.31. The third-order valence-electron chi connectivity index (χ3n) is 3.66. The van der Waals surface area contributed by atoms with Gasteiger partial charge in [-0.1, -0.05) is 29.8 Å². The van der Waals surface area contributed by atoms with Crippen molar-refractivity contribution in [1.29, 1.82) is 0 Å². The van der Waals surface area contributed by atoms with Crippen LogP contribution in [-0.2, 0) is 11.2 Å². The number of nitrogens with two attached hydrogens (primary N) is 1. The van der Waals surface area contributed by atoms with Gasteiger partial charge in [0.1, 0.15) is 0 Å². The predicted octanol–water partition coefficient (Wildman–Crippen LogP) is 1.73. The zero-order chi connectivity index (χ0) is 13.1. The zero-order valence-corrected chi connectivity index (χ0v) is 11.2. The molecule has 2 atom stereocenters. The molecule has 0 bridgehead atoms. The van der Waals surface area contributed by atoms with E-state index in [0.717, 1.165) is 19.4 Å². The van der Waals surface area contributed by atoms with E-state index in [9.17, 15) is 4.79 Å². The number of piperidine rings is 1. The Morgan fingerprint density at radius 1 is 1.33 bits per heavy atom. The maximum atomic E-state index is 11.5. The molecule has 18 heavy (non-hydrogen) atoms. The molecule has 2 rings (SSSR count). The fourth-order valence-corrected chi connectivity index (χ4v) is 2.71. The number of aryl methyl sites for hydroxylation is 1. The van der Waals surface area contributed by atoms with E-state index in [-0.39, 0.29) is 11.9 Å². The first-order chi connectivity index (χ1) is 8.54. The number of hydrogen-bond donors (Lipinski definition) is 1. The van der Waals surface area contributed by atoms with E-state index in [1.54, 1.807) is 6.92 Å². The van der Waals surface area contributed by atoms with Crippen LogP contribution in [0.5, 0.6) is 0 Å². The quantitative estimate of drug-likeness (QED) is 0.864. The van der Waals surface area contributed by atoms with Gasteiger partial charge in [-0.15, -0.1) is 0 Å². The lowest BCUT2D eigenvalue weighted by atomic mass is 9.89. The summed E-state index contributed by atoms with van der Waals surface area (Å²) in [4.78, 5) is 13.3. The third-order valence-corrected chi connectivity index (χ3v) is 3.66. The van der Waals surface area contributed by atoms with Gasteiger partial charge in [0.25, 0.3) is 0 Å². The van der Waals surface area contributed by atoms with Gasteiger partial charge in [0.05, 0.1) is 0 Å². The predicted molar refractivity (Wildman–Crippen MR) is 73.2 cm³/mol. The summed E-state index contributed by atoms with van der Waals surface area (Å²) in [5, 5.41) is 0. The van der Waals surface area contributed by atoms with Crippen molar-refractivity contribution in [2.45, 2.75) is 32.7 Å². The van der Waals surface area contributed by atoms with Gasteiger partial charge in [-0.3, -0.25) is 4.79 Å². The van der Waals surface area contributed by atoms with E-state index in [1.807, 2.05) is 4.90 Å². The topological polar surface area (TPSA) is 46.3 Å². The van der Waals surface area contributed by atoms with Crippen molar-refractivity contribution in [3.63, 3.8) is 0 Å². The highest BCUT2D eigenvalue weighted by Gasteiger charge is 2.26. The van der Waals surface area contributed by atoms with E-state index in [2.05, 4.69) is 31.2 Å². The number of carbonyl (C=O) groups excluding carboxylic acids is 1. The van der Waals surface area contributed by atoms with Crippen LogP contribution in [0, 0.1) is 12.8 Å². The van der Waals surface area contributed by atoms with Crippen LogP contribution in [0.25, 0.3) is 0 Å². The smallest absolute Gasteiger partial charge is 0.219 e. The highest BCUT2D eigenvalue weighted by molar-refractivity contribution is 5.73. The van der Waals surface area contributed by atoms with Crippen molar-refractivity contribution in [1.82, 2.24) is 4.90 Å². The molecule has 3 nitrogen and oxygen atoms in total. The Balaban J connectivity index is 2.00. The molecule has 98 valence electrons. The Morgan fingerprint density at radius 3 is 2.61 bits per heavy atom. The molecule has 0 saturated carbocycles. The second-order valence-corrected chi connectivity index (χ2v) is 5.48. The van der Waals surface area contributed by atoms with Crippen molar-refractivity contribution in [3.8, 4) is 0 Å². The summed E-state index contributed by atoms with van der Waals surface area (Å²) in [7, 11) is 0. The lowest BCUT2D eigenvalue weighted by molar-refractivity contribution is -0.130. The summed E-state index contributed by atoms with van der Waals surface area (Å²) in [6.07, 6.45) is 2.02. The first-order valence-electron chi connectivity index (χ1n) is 6.61. The van der Waals surface area contributed by atoms with Gasteiger partial charge in [-0.25, -0.2) is 0 Å². The van der Waals surface area contributed by atoms with E-state index in [1.165, 1.54) is 11.1 Å². The van der Waals surface area contributed by atoms with Crippen molar-refractivity contribution in [2.75, 3.05) is 13.1 Å². The molecule has 1 aliphatic heterocycles. The van der Waals surface area contributed by atoms with Crippen LogP contribution in [0.15, 0.2) is 24.3 Å². The van der Waals surface area contributed by atoms with Gasteiger partial charge in [-0.2, -0.15) is 0 Å². The van der Waals surface area contributed by atoms with E-state index < -0.39 is 0 Å². The second kappa shape index (κ2) is 5.53. The summed E-state index contributed by atoms with van der Waals surface area (Å²) in [6, 6.07) is 8.75. The van der Waals surface area contributed by atoms with E-state index >= 15 is 0 Å². The molecule has 0 spiro atoms. The molecule has 1 aromatic rings. The summed E-state index contributed by atoms with van der Waals surface area (Å²) in [5.41, 5.74) is 8.66. The van der Waals surface area contributed by atoms with Crippen molar-refractivity contribution >= 4 is 5.91 Å². The van der Waals surface area contributed by atoms with Crippen LogP contribution in [0.3, 0.4) is 0 Å². The molecule has 2 unspecified atom stereocenters. The van der Waals surface area contributed by atoms with Gasteiger partial charge < -0.3 is 10.6 Å². The molecule has 1 amide bonds. The standard InChI is InChI=1S/C15H22N2O/c1-11-3-5-13(6-4-11)7-14-8-15(16)10-17(9-14)12(2)18/h3-6,14-15H,7-10,16H2,1-2H3. The Labute approximate surface area is 109 Å². The van der Waals surface area contributed by atoms with Crippen LogP contribution in [0.1, 0.15) is 24.5 Å². The normalized spacial score (nSPS) is 24.1. The molecule has 0 aliphatic carbocycles. The molecule has 0 aromatic heterocycles. The van der Waals surface area contributed by atoms with Crippen LogP contribution in [-0.4, -0.2) is 29.9 Å². The SMILES string of the molecule is CC(=O)N1CC(N)CC(Cc2ccc(C)cc2)C1. The lowest BCUT2D eigenvalue weighted by Gasteiger charge is -2.36. The van der Waals surface area contributed by atoms with Crippen LogP contribution >= 0.6 is 0 Å². The largest absolute Gasteiger partial charge is 0.341 e. The number of nitrogens with zero attached hydrogens (tertiary/aromatic N) is 1. The van der Waals surface area contributed by atoms with E-state index in [4.69, 9.17) is 5.73 Å². The Morgan fingerprint density at radius 2 is 2.00 bits per heavy atom. The van der Waals surface area contributed by atoms with Crippen LogP contribution in [0.4, 0.5) is 0 Å². The highest BCUT2D eigenvalue weighted by Crippen LogP contribution is 2.20. The van der Waals surface area contributed by atoms with Crippen LogP contribution in [0.2, 0.25) is 0 Å². The first-order valence-corrected chi connectivity index (χ1v) is 6.61. The molecule has 1 fully saturated rings. The molecular formula is C15H22N2O. The molecule has 1 heterocycles. The minimum absolute atomic E-state index is 0.123. The number of benzene rings is 1. The monoisotopic (exact) mass is 246 g/mol. The van der Waals surface area contributed by atoms with Crippen molar-refractivity contribution in [2.24, 2.45) is 11.7 Å². The number of hydrogen-bond acceptors (Lipinski definition) is 2. The molecule has 0 radical (unpaired) electrons. The highest BCUT2D eigenvalue weighted by atomic mass is 16.2. The van der Waals surface area contributed by atoms with E-state index in [0.29, 0.717) is 12.5 Å². The third kappa shape index (κ3) is 3.33. The number of likely N-dealkylation sites (tertiary alicyclic amines) is 1. The Bertz CT molecular complexity index is 413. The van der Waals surface area contributed by atoms with Gasteiger partial charge in [-0.05, 0) is 31.2 Å². The van der Waals surface area contributed by atoms with Crippen LogP contribution < -0.4 is 5.73 Å². The zero-order valence-electron chi connectivity index (χ0n) is 11.2. The summed E-state index contributed by atoms with van der Waals surface area (Å²) in [5.74, 6) is 0.624.